The van der Waals surface area contributed by atoms with Crippen molar-refractivity contribution in [2.75, 3.05) is 19.3 Å². The molecule has 1 fully saturated rings. The highest BCUT2D eigenvalue weighted by atomic mass is 32.2. The number of nitrogens with one attached hydrogen (secondary N) is 1. The van der Waals surface area contributed by atoms with Crippen LogP contribution in [0.15, 0.2) is 4.52 Å². The predicted octanol–water partition coefficient (Wildman–Crippen LogP) is 1.06. The van der Waals surface area contributed by atoms with Crippen LogP contribution in [0.4, 0.5) is 0 Å². The van der Waals surface area contributed by atoms with Crippen molar-refractivity contribution in [3.8, 4) is 0 Å². The van der Waals surface area contributed by atoms with Gasteiger partial charge in [-0.3, -0.25) is 4.79 Å². The number of nitrogens with zero attached hydrogens (tertiary/aromatic N) is 3. The van der Waals surface area contributed by atoms with Crippen molar-refractivity contribution >= 4 is 15.9 Å². The van der Waals surface area contributed by atoms with Gasteiger partial charge in [0.2, 0.25) is 21.8 Å². The lowest BCUT2D eigenvalue weighted by Gasteiger charge is -2.32. The lowest BCUT2D eigenvalue weighted by molar-refractivity contribution is -0.132. The van der Waals surface area contributed by atoms with Crippen LogP contribution in [0.3, 0.4) is 0 Å². The summed E-state index contributed by atoms with van der Waals surface area (Å²) in [6.45, 7) is 5.18. The van der Waals surface area contributed by atoms with E-state index in [9.17, 15) is 13.2 Å². The van der Waals surface area contributed by atoms with Gasteiger partial charge in [0, 0.05) is 37.9 Å². The molecule has 1 saturated heterocycles. The highest BCUT2D eigenvalue weighted by Crippen LogP contribution is 2.14. The number of hydrogen-bond donors (Lipinski definition) is 1. The maximum Gasteiger partial charge on any atom is 0.226 e. The highest BCUT2D eigenvalue weighted by Gasteiger charge is 2.24. The molecule has 0 atom stereocenters. The number of piperidine rings is 1. The van der Waals surface area contributed by atoms with E-state index < -0.39 is 10.0 Å². The number of aromatic nitrogens is 2. The first-order valence-corrected chi connectivity index (χ1v) is 10.2. The third-order valence-electron chi connectivity index (χ3n) is 4.01. The minimum atomic E-state index is -3.19. The first kappa shape index (κ1) is 18.9. The number of carbonyl (C=O) groups excluding carboxylic acids is 1. The van der Waals surface area contributed by atoms with Crippen LogP contribution in [0.2, 0.25) is 0 Å². The number of amides is 1. The smallest absolute Gasteiger partial charge is 0.226 e. The Balaban J connectivity index is 1.70. The molecule has 9 heteroatoms. The van der Waals surface area contributed by atoms with E-state index in [2.05, 4.69) is 14.9 Å². The Labute approximate surface area is 143 Å². The number of sulfonamides is 1. The lowest BCUT2D eigenvalue weighted by Crippen LogP contribution is -2.46. The Morgan fingerprint density at radius 2 is 2.04 bits per heavy atom. The first-order valence-electron chi connectivity index (χ1n) is 8.32. The van der Waals surface area contributed by atoms with Crippen molar-refractivity contribution in [1.82, 2.24) is 19.8 Å². The van der Waals surface area contributed by atoms with Crippen LogP contribution in [0.5, 0.6) is 0 Å². The summed E-state index contributed by atoms with van der Waals surface area (Å²) in [7, 11) is -3.19. The van der Waals surface area contributed by atoms with E-state index >= 15 is 0 Å². The topological polar surface area (TPSA) is 105 Å². The van der Waals surface area contributed by atoms with E-state index in [1.54, 1.807) is 4.90 Å². The molecule has 0 radical (unpaired) electrons. The van der Waals surface area contributed by atoms with E-state index in [0.717, 1.165) is 6.26 Å². The molecule has 24 heavy (non-hydrogen) atoms. The van der Waals surface area contributed by atoms with Crippen molar-refractivity contribution in [3.05, 3.63) is 11.7 Å². The van der Waals surface area contributed by atoms with E-state index in [-0.39, 0.29) is 17.9 Å². The second kappa shape index (κ2) is 8.06. The van der Waals surface area contributed by atoms with Gasteiger partial charge in [-0.1, -0.05) is 19.0 Å². The molecular formula is C15H26N4O4S. The lowest BCUT2D eigenvalue weighted by atomic mass is 10.1. The van der Waals surface area contributed by atoms with Gasteiger partial charge in [-0.05, 0) is 19.3 Å². The summed E-state index contributed by atoms with van der Waals surface area (Å²) in [5.41, 5.74) is 0. The van der Waals surface area contributed by atoms with Crippen molar-refractivity contribution in [1.29, 1.82) is 0 Å². The quantitative estimate of drug-likeness (QED) is 0.781. The molecule has 1 amide bonds. The van der Waals surface area contributed by atoms with E-state index in [4.69, 9.17) is 4.52 Å². The van der Waals surface area contributed by atoms with Gasteiger partial charge < -0.3 is 9.42 Å². The Kier molecular flexibility index (Phi) is 6.34. The first-order chi connectivity index (χ1) is 11.2. The van der Waals surface area contributed by atoms with E-state index in [0.29, 0.717) is 56.9 Å². The van der Waals surface area contributed by atoms with Gasteiger partial charge in [0.1, 0.15) is 0 Å². The summed E-state index contributed by atoms with van der Waals surface area (Å²) in [4.78, 5) is 18.3. The zero-order valence-electron chi connectivity index (χ0n) is 14.5. The average Bonchev–Trinajstić information content (AvgIpc) is 2.95. The molecular weight excluding hydrogens is 332 g/mol. The fraction of sp³-hybridized carbons (Fsp3) is 0.800. The van der Waals surface area contributed by atoms with E-state index in [1.165, 1.54) is 0 Å². The van der Waals surface area contributed by atoms with E-state index in [1.807, 2.05) is 13.8 Å². The Hall–Kier alpha value is -1.48. The molecule has 8 nitrogen and oxygen atoms in total. The van der Waals surface area contributed by atoms with Crippen LogP contribution < -0.4 is 4.72 Å². The zero-order valence-corrected chi connectivity index (χ0v) is 15.3. The summed E-state index contributed by atoms with van der Waals surface area (Å²) in [5.74, 6) is 1.58. The number of likely N-dealkylation sites (tertiary alicyclic amines) is 1. The standard InChI is InChI=1S/C15H26N4O4S/c1-11(2)15-16-13(23-17-15)5-4-6-14(20)19-9-7-12(8-10-19)18-24(3,21)22/h11-12,18H,4-10H2,1-3H3. The van der Waals surface area contributed by atoms with Crippen molar-refractivity contribution in [2.45, 2.75) is 57.9 Å². The molecule has 0 aliphatic carbocycles. The maximum atomic E-state index is 12.2. The molecule has 2 rings (SSSR count). The normalized spacial score (nSPS) is 16.8. The summed E-state index contributed by atoms with van der Waals surface area (Å²) in [5, 5.41) is 3.90. The molecule has 136 valence electrons. The highest BCUT2D eigenvalue weighted by molar-refractivity contribution is 7.88. The predicted molar refractivity (Wildman–Crippen MR) is 88.9 cm³/mol. The van der Waals surface area contributed by atoms with Crippen LogP contribution in [-0.2, 0) is 21.2 Å². The van der Waals surface area contributed by atoms with Crippen LogP contribution >= 0.6 is 0 Å². The van der Waals surface area contributed by atoms with Crippen molar-refractivity contribution in [3.63, 3.8) is 0 Å². The fourth-order valence-electron chi connectivity index (χ4n) is 2.70. The molecule has 0 saturated carbocycles. The monoisotopic (exact) mass is 358 g/mol. The minimum absolute atomic E-state index is 0.0723. The number of rotatable bonds is 7. The molecule has 1 aliphatic heterocycles. The molecule has 2 heterocycles. The molecule has 1 aliphatic rings. The Morgan fingerprint density at radius 1 is 1.38 bits per heavy atom. The molecule has 0 spiro atoms. The van der Waals surface area contributed by atoms with Gasteiger partial charge in [0.05, 0.1) is 6.26 Å². The van der Waals surface area contributed by atoms with Gasteiger partial charge >= 0.3 is 0 Å². The molecule has 1 aromatic heterocycles. The van der Waals surface area contributed by atoms with Crippen LogP contribution in [0.1, 0.15) is 57.2 Å². The minimum Gasteiger partial charge on any atom is -0.343 e. The number of hydrogen-bond acceptors (Lipinski definition) is 6. The van der Waals surface area contributed by atoms with Gasteiger partial charge in [0.25, 0.3) is 0 Å². The van der Waals surface area contributed by atoms with Crippen LogP contribution in [0.25, 0.3) is 0 Å². The summed E-state index contributed by atoms with van der Waals surface area (Å²) in [6.07, 6.45) is 4.16. The third-order valence-corrected chi connectivity index (χ3v) is 4.77. The van der Waals surface area contributed by atoms with Crippen molar-refractivity contribution < 1.29 is 17.7 Å². The van der Waals surface area contributed by atoms with Gasteiger partial charge in [-0.15, -0.1) is 0 Å². The van der Waals surface area contributed by atoms with Gasteiger partial charge in [-0.25, -0.2) is 13.1 Å². The van der Waals surface area contributed by atoms with Gasteiger partial charge in [-0.2, -0.15) is 4.98 Å². The molecule has 0 aromatic carbocycles. The van der Waals surface area contributed by atoms with Crippen LogP contribution in [-0.4, -0.2) is 54.8 Å². The average molecular weight is 358 g/mol. The summed E-state index contributed by atoms with van der Waals surface area (Å²) >= 11 is 0. The summed E-state index contributed by atoms with van der Waals surface area (Å²) < 4.78 is 30.2. The second-order valence-corrected chi connectivity index (χ2v) is 8.38. The maximum absolute atomic E-state index is 12.2. The van der Waals surface area contributed by atoms with Crippen LogP contribution in [0, 0.1) is 0 Å². The molecule has 1 aromatic rings. The number of carbonyl (C=O) groups is 1. The molecule has 0 unspecified atom stereocenters. The largest absolute Gasteiger partial charge is 0.343 e. The zero-order chi connectivity index (χ0) is 17.7. The fourth-order valence-corrected chi connectivity index (χ4v) is 3.54. The third kappa shape index (κ3) is 5.86. The Bertz CT molecular complexity index is 648. The van der Waals surface area contributed by atoms with Gasteiger partial charge in [0.15, 0.2) is 5.82 Å². The SMILES string of the molecule is CC(C)c1noc(CCCC(=O)N2CCC(NS(C)(=O)=O)CC2)n1. The Morgan fingerprint density at radius 3 is 2.58 bits per heavy atom. The molecule has 0 bridgehead atoms. The number of aryl methyl sites for hydroxylation is 1. The van der Waals surface area contributed by atoms with Crippen molar-refractivity contribution in [2.24, 2.45) is 0 Å². The molecule has 1 N–H and O–H groups in total. The summed E-state index contributed by atoms with van der Waals surface area (Å²) in [6, 6.07) is -0.0723. The second-order valence-electron chi connectivity index (χ2n) is 6.60.